The molecule has 0 amide bonds. The Kier molecular flexibility index (Phi) is 7.90. The van der Waals surface area contributed by atoms with E-state index in [0.29, 0.717) is 33.5 Å². The number of ether oxygens (including phenoxy) is 1. The van der Waals surface area contributed by atoms with Gasteiger partial charge in [-0.15, -0.1) is 0 Å². The SMILES string of the molecule is Cc1cccc([C@@H]2CCO[P@](=O)(Cc3cc(Br)c(Oc4ccc(O)c(C(C)C)c4)c(Br)c3)O2)c1. The monoisotopic (exact) mass is 608 g/mol. The Morgan fingerprint density at radius 2 is 1.85 bits per heavy atom. The van der Waals surface area contributed by atoms with Crippen molar-refractivity contribution in [3.63, 3.8) is 0 Å². The summed E-state index contributed by atoms with van der Waals surface area (Å²) in [6.07, 6.45) is 0.570. The van der Waals surface area contributed by atoms with Crippen molar-refractivity contribution in [1.29, 1.82) is 0 Å². The minimum absolute atomic E-state index is 0.156. The summed E-state index contributed by atoms with van der Waals surface area (Å²) in [5.74, 6) is 1.61. The van der Waals surface area contributed by atoms with Crippen LogP contribution in [0.25, 0.3) is 0 Å². The van der Waals surface area contributed by atoms with Crippen LogP contribution in [0, 0.1) is 6.92 Å². The lowest BCUT2D eigenvalue weighted by atomic mass is 10.0. The molecule has 0 aliphatic carbocycles. The van der Waals surface area contributed by atoms with Crippen LogP contribution < -0.4 is 4.74 Å². The molecule has 0 unspecified atom stereocenters. The highest BCUT2D eigenvalue weighted by molar-refractivity contribution is 9.11. The average molecular weight is 610 g/mol. The number of phenolic OH excluding ortho intramolecular Hbond substituents is 1. The first-order valence-electron chi connectivity index (χ1n) is 11.1. The molecule has 180 valence electrons. The largest absolute Gasteiger partial charge is 0.508 e. The Hall–Kier alpha value is -1.63. The summed E-state index contributed by atoms with van der Waals surface area (Å²) in [4.78, 5) is 0. The van der Waals surface area contributed by atoms with Gasteiger partial charge in [0, 0.05) is 12.0 Å². The number of aryl methyl sites for hydroxylation is 1. The highest BCUT2D eigenvalue weighted by Crippen LogP contribution is 2.59. The fourth-order valence-corrected chi connectivity index (χ4v) is 7.26. The normalized spacial score (nSPS) is 20.5. The molecule has 1 heterocycles. The van der Waals surface area contributed by atoms with Gasteiger partial charge in [-0.05, 0) is 86.2 Å². The molecule has 0 bridgehead atoms. The summed E-state index contributed by atoms with van der Waals surface area (Å²) in [6, 6.07) is 17.0. The van der Waals surface area contributed by atoms with Crippen molar-refractivity contribution < 1.29 is 23.5 Å². The zero-order valence-corrected chi connectivity index (χ0v) is 23.3. The van der Waals surface area contributed by atoms with Crippen LogP contribution >= 0.6 is 39.5 Å². The maximum atomic E-state index is 13.5. The summed E-state index contributed by atoms with van der Waals surface area (Å²) in [6.45, 7) is 6.45. The van der Waals surface area contributed by atoms with Gasteiger partial charge in [0.25, 0.3) is 0 Å². The predicted octanol–water partition coefficient (Wildman–Crippen LogP) is 9.01. The van der Waals surface area contributed by atoms with Gasteiger partial charge in [-0.25, -0.2) is 0 Å². The molecular formula is C26H27Br2O5P. The molecule has 8 heteroatoms. The maximum Gasteiger partial charge on any atom is 0.335 e. The van der Waals surface area contributed by atoms with Crippen LogP contribution in [-0.4, -0.2) is 11.7 Å². The van der Waals surface area contributed by atoms with Crippen molar-refractivity contribution in [2.24, 2.45) is 0 Å². The first kappa shape index (κ1) is 25.5. The van der Waals surface area contributed by atoms with Crippen LogP contribution in [0.3, 0.4) is 0 Å². The van der Waals surface area contributed by atoms with Gasteiger partial charge >= 0.3 is 7.60 Å². The van der Waals surface area contributed by atoms with Crippen molar-refractivity contribution >= 4 is 39.5 Å². The first-order chi connectivity index (χ1) is 16.1. The summed E-state index contributed by atoms with van der Waals surface area (Å²) in [7, 11) is -3.33. The molecule has 1 aliphatic rings. The molecular weight excluding hydrogens is 583 g/mol. The van der Waals surface area contributed by atoms with Gasteiger partial charge in [0.15, 0.2) is 5.75 Å². The van der Waals surface area contributed by atoms with Crippen LogP contribution in [0.4, 0.5) is 0 Å². The van der Waals surface area contributed by atoms with E-state index < -0.39 is 7.60 Å². The molecule has 0 radical (unpaired) electrons. The number of rotatable bonds is 6. The van der Waals surface area contributed by atoms with Crippen molar-refractivity contribution in [3.8, 4) is 17.2 Å². The Balaban J connectivity index is 1.53. The number of hydrogen-bond acceptors (Lipinski definition) is 5. The van der Waals surface area contributed by atoms with Gasteiger partial charge in [-0.2, -0.15) is 0 Å². The Labute approximate surface area is 217 Å². The second-order valence-electron chi connectivity index (χ2n) is 8.77. The predicted molar refractivity (Wildman–Crippen MR) is 141 cm³/mol. The van der Waals surface area contributed by atoms with Gasteiger partial charge in [0.05, 0.1) is 27.8 Å². The summed E-state index contributed by atoms with van der Waals surface area (Å²) in [5.41, 5.74) is 3.77. The minimum atomic E-state index is -3.33. The Morgan fingerprint density at radius 1 is 1.12 bits per heavy atom. The van der Waals surface area contributed by atoms with E-state index in [4.69, 9.17) is 13.8 Å². The smallest absolute Gasteiger partial charge is 0.335 e. The second kappa shape index (κ2) is 10.5. The fourth-order valence-electron chi connectivity index (χ4n) is 3.96. The molecule has 1 saturated heterocycles. The number of halogens is 2. The van der Waals surface area contributed by atoms with E-state index in [9.17, 15) is 9.67 Å². The van der Waals surface area contributed by atoms with E-state index in [2.05, 4.69) is 37.9 Å². The van der Waals surface area contributed by atoms with Gasteiger partial charge in [-0.3, -0.25) is 4.57 Å². The third-order valence-corrected chi connectivity index (χ3v) is 8.73. The third-order valence-electron chi connectivity index (χ3n) is 5.64. The molecule has 3 aromatic carbocycles. The van der Waals surface area contributed by atoms with E-state index in [0.717, 1.165) is 22.3 Å². The number of hydrogen-bond donors (Lipinski definition) is 1. The van der Waals surface area contributed by atoms with Gasteiger partial charge in [-0.1, -0.05) is 43.7 Å². The first-order valence-corrected chi connectivity index (χ1v) is 14.4. The fraction of sp³-hybridized carbons (Fsp3) is 0.308. The molecule has 0 spiro atoms. The average Bonchev–Trinajstić information content (AvgIpc) is 2.77. The number of phenols is 1. The molecule has 1 fully saturated rings. The molecule has 5 nitrogen and oxygen atoms in total. The van der Waals surface area contributed by atoms with Crippen LogP contribution in [0.2, 0.25) is 0 Å². The number of benzene rings is 3. The minimum Gasteiger partial charge on any atom is -0.508 e. The Bertz CT molecular complexity index is 1220. The lowest BCUT2D eigenvalue weighted by Crippen LogP contribution is -2.15. The van der Waals surface area contributed by atoms with Crippen LogP contribution in [0.15, 0.2) is 63.5 Å². The summed E-state index contributed by atoms with van der Waals surface area (Å²) < 4.78 is 32.7. The lowest BCUT2D eigenvalue weighted by molar-refractivity contribution is 0.0805. The van der Waals surface area contributed by atoms with Crippen molar-refractivity contribution in [2.45, 2.75) is 45.4 Å². The van der Waals surface area contributed by atoms with E-state index in [1.807, 2.05) is 57.2 Å². The third kappa shape index (κ3) is 5.95. The molecule has 0 aromatic heterocycles. The van der Waals surface area contributed by atoms with Crippen molar-refractivity contribution in [3.05, 3.63) is 85.8 Å². The van der Waals surface area contributed by atoms with Crippen LogP contribution in [0.5, 0.6) is 17.2 Å². The topological polar surface area (TPSA) is 65.0 Å². The van der Waals surface area contributed by atoms with E-state index in [1.165, 1.54) is 0 Å². The van der Waals surface area contributed by atoms with Crippen LogP contribution in [-0.2, 0) is 19.8 Å². The molecule has 4 rings (SSSR count). The molecule has 3 aromatic rings. The van der Waals surface area contributed by atoms with Gasteiger partial charge in [0.2, 0.25) is 0 Å². The quantitative estimate of drug-likeness (QED) is 0.282. The Morgan fingerprint density at radius 3 is 2.53 bits per heavy atom. The molecule has 0 saturated carbocycles. The molecule has 34 heavy (non-hydrogen) atoms. The highest BCUT2D eigenvalue weighted by Gasteiger charge is 2.35. The van der Waals surface area contributed by atoms with Crippen molar-refractivity contribution in [2.75, 3.05) is 6.61 Å². The highest BCUT2D eigenvalue weighted by atomic mass is 79.9. The molecule has 2 atom stereocenters. The van der Waals surface area contributed by atoms with Gasteiger partial charge in [0.1, 0.15) is 11.5 Å². The number of aromatic hydroxyl groups is 1. The van der Waals surface area contributed by atoms with Crippen LogP contribution in [0.1, 0.15) is 54.5 Å². The molecule has 1 aliphatic heterocycles. The molecule has 1 N–H and O–H groups in total. The van der Waals surface area contributed by atoms with Crippen molar-refractivity contribution in [1.82, 2.24) is 0 Å². The van der Waals surface area contributed by atoms with E-state index in [-0.39, 0.29) is 23.9 Å². The van der Waals surface area contributed by atoms with E-state index >= 15 is 0 Å². The summed E-state index contributed by atoms with van der Waals surface area (Å²) >= 11 is 7.16. The second-order valence-corrected chi connectivity index (χ2v) is 12.5. The lowest BCUT2D eigenvalue weighted by Gasteiger charge is -2.30. The standard InChI is InChI=1S/C26H27Br2O5P/c1-16(2)21-14-20(7-8-24(21)29)32-26-22(27)12-18(13-23(26)28)15-34(30)31-10-9-25(33-34)19-6-4-5-17(3)11-19/h4-8,11-14,16,25,29H,9-10,15H2,1-3H3/t25-,34+/m0/s1. The maximum absolute atomic E-state index is 13.5. The van der Waals surface area contributed by atoms with E-state index in [1.54, 1.807) is 12.1 Å². The zero-order valence-electron chi connectivity index (χ0n) is 19.3. The van der Waals surface area contributed by atoms with Gasteiger partial charge < -0.3 is 18.9 Å². The summed E-state index contributed by atoms with van der Waals surface area (Å²) in [5, 5.41) is 10.1. The zero-order chi connectivity index (χ0) is 24.5.